The van der Waals surface area contributed by atoms with Crippen molar-refractivity contribution in [3.05, 3.63) is 89.5 Å². The van der Waals surface area contributed by atoms with E-state index in [-0.39, 0.29) is 17.1 Å². The maximum absolute atomic E-state index is 12.5. The highest BCUT2D eigenvalue weighted by Gasteiger charge is 2.15. The summed E-state index contributed by atoms with van der Waals surface area (Å²) in [4.78, 5) is 25.9. The lowest BCUT2D eigenvalue weighted by atomic mass is 10.1. The minimum Gasteiger partial charge on any atom is -0.325 e. The second-order valence-electron chi connectivity index (χ2n) is 6.97. The quantitative estimate of drug-likeness (QED) is 0.520. The number of anilines is 2. The van der Waals surface area contributed by atoms with E-state index < -0.39 is 0 Å². The Morgan fingerprint density at radius 1 is 0.793 bits per heavy atom. The number of thioether (sulfide) groups is 1. The van der Waals surface area contributed by atoms with Crippen molar-refractivity contribution in [1.82, 2.24) is 0 Å². The van der Waals surface area contributed by atoms with Gasteiger partial charge >= 0.3 is 0 Å². The standard InChI is InChI=1S/C24H24N2O2S/c1-16-7-4-9-19(13-16)24(28)26-21-11-6-12-22(15-21)29-18(3)23(27)25-20-10-5-8-17(2)14-20/h4-15,18H,1-3H3,(H,25,27)(H,26,28). The van der Waals surface area contributed by atoms with Crippen LogP contribution in [0, 0.1) is 13.8 Å². The summed E-state index contributed by atoms with van der Waals surface area (Å²) in [6.45, 7) is 5.81. The zero-order valence-corrected chi connectivity index (χ0v) is 17.5. The van der Waals surface area contributed by atoms with E-state index in [4.69, 9.17) is 0 Å². The largest absolute Gasteiger partial charge is 0.325 e. The Morgan fingerprint density at radius 2 is 1.41 bits per heavy atom. The lowest BCUT2D eigenvalue weighted by molar-refractivity contribution is -0.115. The molecule has 0 aromatic heterocycles. The maximum Gasteiger partial charge on any atom is 0.255 e. The predicted molar refractivity (Wildman–Crippen MR) is 121 cm³/mol. The number of benzene rings is 3. The van der Waals surface area contributed by atoms with Gasteiger partial charge in [-0.15, -0.1) is 11.8 Å². The third kappa shape index (κ3) is 5.96. The van der Waals surface area contributed by atoms with E-state index in [0.29, 0.717) is 11.3 Å². The molecule has 0 radical (unpaired) electrons. The highest BCUT2D eigenvalue weighted by atomic mass is 32.2. The third-order valence-corrected chi connectivity index (χ3v) is 5.43. The van der Waals surface area contributed by atoms with Crippen LogP contribution in [-0.4, -0.2) is 17.1 Å². The smallest absolute Gasteiger partial charge is 0.255 e. The van der Waals surface area contributed by atoms with Gasteiger partial charge in [-0.2, -0.15) is 0 Å². The summed E-state index contributed by atoms with van der Waals surface area (Å²) in [7, 11) is 0. The van der Waals surface area contributed by atoms with E-state index in [1.54, 1.807) is 6.07 Å². The first-order chi connectivity index (χ1) is 13.9. The molecule has 5 heteroatoms. The normalized spacial score (nSPS) is 11.6. The summed E-state index contributed by atoms with van der Waals surface area (Å²) >= 11 is 1.45. The Kier molecular flexibility index (Phi) is 6.73. The van der Waals surface area contributed by atoms with Gasteiger partial charge in [0.1, 0.15) is 0 Å². The molecular weight excluding hydrogens is 380 g/mol. The first-order valence-electron chi connectivity index (χ1n) is 9.43. The topological polar surface area (TPSA) is 58.2 Å². The number of amides is 2. The van der Waals surface area contributed by atoms with Crippen LogP contribution in [0.25, 0.3) is 0 Å². The third-order valence-electron chi connectivity index (χ3n) is 4.34. The highest BCUT2D eigenvalue weighted by molar-refractivity contribution is 8.00. The number of rotatable bonds is 6. The van der Waals surface area contributed by atoms with Crippen molar-refractivity contribution in [2.45, 2.75) is 30.9 Å². The summed E-state index contributed by atoms with van der Waals surface area (Å²) in [6.07, 6.45) is 0. The van der Waals surface area contributed by atoms with Crippen molar-refractivity contribution in [3.63, 3.8) is 0 Å². The lowest BCUT2D eigenvalue weighted by Gasteiger charge is -2.13. The highest BCUT2D eigenvalue weighted by Crippen LogP contribution is 2.27. The lowest BCUT2D eigenvalue weighted by Crippen LogP contribution is -2.22. The Labute approximate surface area is 175 Å². The predicted octanol–water partition coefficient (Wildman–Crippen LogP) is 5.68. The molecule has 4 nitrogen and oxygen atoms in total. The second-order valence-corrected chi connectivity index (χ2v) is 8.38. The molecule has 0 heterocycles. The van der Waals surface area contributed by atoms with Crippen LogP contribution in [-0.2, 0) is 4.79 Å². The van der Waals surface area contributed by atoms with Crippen molar-refractivity contribution in [2.75, 3.05) is 10.6 Å². The molecule has 2 N–H and O–H groups in total. The number of nitrogens with one attached hydrogen (secondary N) is 2. The summed E-state index contributed by atoms with van der Waals surface area (Å²) in [6, 6.07) is 22.7. The van der Waals surface area contributed by atoms with Gasteiger partial charge in [-0.25, -0.2) is 0 Å². The summed E-state index contributed by atoms with van der Waals surface area (Å²) in [5, 5.41) is 5.59. The summed E-state index contributed by atoms with van der Waals surface area (Å²) in [5.74, 6) is -0.212. The van der Waals surface area contributed by atoms with Crippen LogP contribution < -0.4 is 10.6 Å². The molecule has 3 aromatic rings. The average Bonchev–Trinajstić information content (AvgIpc) is 2.68. The number of carbonyl (C=O) groups excluding carboxylic acids is 2. The molecular formula is C24H24N2O2S. The fourth-order valence-electron chi connectivity index (χ4n) is 2.86. The van der Waals surface area contributed by atoms with E-state index in [2.05, 4.69) is 10.6 Å². The Hall–Kier alpha value is -3.05. The van der Waals surface area contributed by atoms with E-state index in [0.717, 1.165) is 21.7 Å². The molecule has 0 aliphatic rings. The molecule has 3 aromatic carbocycles. The minimum absolute atomic E-state index is 0.0604. The van der Waals surface area contributed by atoms with Gasteiger partial charge in [0.15, 0.2) is 0 Å². The van der Waals surface area contributed by atoms with Crippen LogP contribution >= 0.6 is 11.8 Å². The van der Waals surface area contributed by atoms with Crippen LogP contribution in [0.3, 0.4) is 0 Å². The van der Waals surface area contributed by atoms with Gasteiger partial charge in [-0.1, -0.05) is 35.9 Å². The summed E-state index contributed by atoms with van der Waals surface area (Å²) < 4.78 is 0. The molecule has 1 atom stereocenters. The van der Waals surface area contributed by atoms with Gasteiger partial charge in [0.05, 0.1) is 5.25 Å². The minimum atomic E-state index is -0.279. The molecule has 0 saturated carbocycles. The van der Waals surface area contributed by atoms with Crippen LogP contribution in [0.1, 0.15) is 28.4 Å². The zero-order chi connectivity index (χ0) is 20.8. The van der Waals surface area contributed by atoms with Crippen molar-refractivity contribution in [3.8, 4) is 0 Å². The van der Waals surface area contributed by atoms with Crippen molar-refractivity contribution < 1.29 is 9.59 Å². The molecule has 0 aliphatic carbocycles. The van der Waals surface area contributed by atoms with Gasteiger partial charge in [-0.05, 0) is 68.8 Å². The average molecular weight is 405 g/mol. The Balaban J connectivity index is 1.63. The van der Waals surface area contributed by atoms with E-state index in [9.17, 15) is 9.59 Å². The van der Waals surface area contributed by atoms with Crippen LogP contribution in [0.2, 0.25) is 0 Å². The molecule has 1 unspecified atom stereocenters. The maximum atomic E-state index is 12.5. The molecule has 0 aliphatic heterocycles. The van der Waals surface area contributed by atoms with Gasteiger partial charge < -0.3 is 10.6 Å². The number of carbonyl (C=O) groups is 2. The molecule has 3 rings (SSSR count). The van der Waals surface area contributed by atoms with Gasteiger partial charge in [0.2, 0.25) is 5.91 Å². The first kappa shape index (κ1) is 20.7. The summed E-state index contributed by atoms with van der Waals surface area (Å²) in [5.41, 5.74) is 4.25. The van der Waals surface area contributed by atoms with Crippen molar-refractivity contribution >= 4 is 35.0 Å². The molecule has 2 amide bonds. The first-order valence-corrected chi connectivity index (χ1v) is 10.3. The second kappa shape index (κ2) is 9.43. The van der Waals surface area contributed by atoms with Gasteiger partial charge in [-0.3, -0.25) is 9.59 Å². The molecule has 0 fully saturated rings. The number of hydrogen-bond donors (Lipinski definition) is 2. The van der Waals surface area contributed by atoms with Crippen molar-refractivity contribution in [1.29, 1.82) is 0 Å². The van der Waals surface area contributed by atoms with E-state index in [1.165, 1.54) is 11.8 Å². The van der Waals surface area contributed by atoms with Gasteiger partial charge in [0, 0.05) is 21.8 Å². The monoisotopic (exact) mass is 404 g/mol. The number of aryl methyl sites for hydroxylation is 2. The molecule has 0 bridgehead atoms. The van der Waals surface area contributed by atoms with Gasteiger partial charge in [0.25, 0.3) is 5.91 Å². The number of hydrogen-bond acceptors (Lipinski definition) is 3. The zero-order valence-electron chi connectivity index (χ0n) is 16.7. The Morgan fingerprint density at radius 3 is 2.10 bits per heavy atom. The molecule has 0 saturated heterocycles. The molecule has 29 heavy (non-hydrogen) atoms. The molecule has 148 valence electrons. The van der Waals surface area contributed by atoms with E-state index >= 15 is 0 Å². The van der Waals surface area contributed by atoms with Crippen LogP contribution in [0.5, 0.6) is 0 Å². The fraction of sp³-hybridized carbons (Fsp3) is 0.167. The SMILES string of the molecule is Cc1cccc(NC(=O)C(C)Sc2cccc(NC(=O)c3cccc(C)c3)c2)c1. The van der Waals surface area contributed by atoms with Crippen LogP contribution in [0.15, 0.2) is 77.7 Å². The van der Waals surface area contributed by atoms with Crippen LogP contribution in [0.4, 0.5) is 11.4 Å². The van der Waals surface area contributed by atoms with Crippen molar-refractivity contribution in [2.24, 2.45) is 0 Å². The fourth-order valence-corrected chi connectivity index (χ4v) is 3.79. The molecule has 0 spiro atoms. The van der Waals surface area contributed by atoms with E-state index in [1.807, 2.05) is 87.5 Å². The Bertz CT molecular complexity index is 1030.